The number of carbonyl (C=O) groups excluding carboxylic acids is 2. The normalized spacial score (nSPS) is 13.6. The molecular weight excluding hydrogens is 470 g/mol. The number of hydrogen-bond acceptors (Lipinski definition) is 5. The van der Waals surface area contributed by atoms with Gasteiger partial charge in [-0.15, -0.1) is 0 Å². The molecule has 0 bridgehead atoms. The third-order valence-electron chi connectivity index (χ3n) is 6.58. The van der Waals surface area contributed by atoms with Crippen molar-refractivity contribution in [1.29, 1.82) is 0 Å². The van der Waals surface area contributed by atoms with Gasteiger partial charge in [0.05, 0.1) is 0 Å². The SMILES string of the molecule is CCCCC(NC(=O)C(Cc1cccnc1)NC(=O)OCC1c2ccccc2-c2ccccc21)C(=O)O. The first-order chi connectivity index (χ1) is 18.0. The van der Waals surface area contributed by atoms with Crippen LogP contribution in [-0.2, 0) is 20.7 Å². The van der Waals surface area contributed by atoms with E-state index >= 15 is 0 Å². The quantitative estimate of drug-likeness (QED) is 0.361. The summed E-state index contributed by atoms with van der Waals surface area (Å²) in [5.41, 5.74) is 5.13. The second kappa shape index (κ2) is 12.2. The summed E-state index contributed by atoms with van der Waals surface area (Å²) < 4.78 is 5.61. The molecule has 1 aliphatic rings. The van der Waals surface area contributed by atoms with Crippen molar-refractivity contribution in [2.75, 3.05) is 6.61 Å². The van der Waals surface area contributed by atoms with Crippen molar-refractivity contribution in [3.63, 3.8) is 0 Å². The number of amides is 2. The molecule has 0 aliphatic heterocycles. The maximum absolute atomic E-state index is 13.1. The maximum Gasteiger partial charge on any atom is 0.407 e. The molecule has 1 heterocycles. The molecule has 3 N–H and O–H groups in total. The summed E-state index contributed by atoms with van der Waals surface area (Å²) in [6, 6.07) is 17.5. The molecule has 2 amide bonds. The van der Waals surface area contributed by atoms with Crippen LogP contribution in [0, 0.1) is 0 Å². The third-order valence-corrected chi connectivity index (χ3v) is 6.58. The lowest BCUT2D eigenvalue weighted by Gasteiger charge is -2.22. The van der Waals surface area contributed by atoms with E-state index in [1.54, 1.807) is 24.5 Å². The minimum absolute atomic E-state index is 0.106. The van der Waals surface area contributed by atoms with Crippen LogP contribution in [0.5, 0.6) is 0 Å². The van der Waals surface area contributed by atoms with Gasteiger partial charge in [0.15, 0.2) is 0 Å². The lowest BCUT2D eigenvalue weighted by atomic mass is 9.98. The van der Waals surface area contributed by atoms with Crippen LogP contribution in [0.1, 0.15) is 48.8 Å². The molecule has 0 saturated heterocycles. The van der Waals surface area contributed by atoms with E-state index in [1.165, 1.54) is 0 Å². The van der Waals surface area contributed by atoms with Crippen molar-refractivity contribution in [2.24, 2.45) is 0 Å². The van der Waals surface area contributed by atoms with Gasteiger partial charge in [-0.25, -0.2) is 9.59 Å². The molecule has 0 fully saturated rings. The Hall–Kier alpha value is -4.20. The number of aromatic nitrogens is 1. The Labute approximate surface area is 216 Å². The lowest BCUT2D eigenvalue weighted by molar-refractivity contribution is -0.142. The first kappa shape index (κ1) is 25.9. The number of fused-ring (bicyclic) bond motifs is 3. The topological polar surface area (TPSA) is 118 Å². The summed E-state index contributed by atoms with van der Waals surface area (Å²) in [7, 11) is 0. The standard InChI is InChI=1S/C29H31N3O5/c1-2-3-14-25(28(34)35)31-27(33)26(16-19-9-8-15-30-17-19)32-29(36)37-18-24-22-12-6-4-10-20(22)21-11-5-7-13-23(21)24/h4-13,15,17,24-26H,2-3,14,16,18H2,1H3,(H,31,33)(H,32,36)(H,34,35). The number of aliphatic carboxylic acids is 1. The van der Waals surface area contributed by atoms with Crippen molar-refractivity contribution in [2.45, 2.75) is 50.6 Å². The zero-order chi connectivity index (χ0) is 26.2. The third kappa shape index (κ3) is 6.33. The summed E-state index contributed by atoms with van der Waals surface area (Å²) in [6.07, 6.45) is 4.38. The van der Waals surface area contributed by atoms with Crippen LogP contribution in [-0.4, -0.2) is 46.8 Å². The van der Waals surface area contributed by atoms with Crippen molar-refractivity contribution in [3.05, 3.63) is 89.7 Å². The van der Waals surface area contributed by atoms with Gasteiger partial charge in [0.25, 0.3) is 0 Å². The number of hydrogen-bond donors (Lipinski definition) is 3. The molecule has 0 spiro atoms. The van der Waals surface area contributed by atoms with Gasteiger partial charge < -0.3 is 20.5 Å². The van der Waals surface area contributed by atoms with Gasteiger partial charge >= 0.3 is 12.1 Å². The Morgan fingerprint density at radius 1 is 0.946 bits per heavy atom. The van der Waals surface area contributed by atoms with Crippen LogP contribution < -0.4 is 10.6 Å². The highest BCUT2D eigenvalue weighted by molar-refractivity contribution is 5.89. The van der Waals surface area contributed by atoms with Crippen molar-refractivity contribution in [3.8, 4) is 11.1 Å². The predicted octanol–water partition coefficient (Wildman–Crippen LogP) is 4.29. The molecule has 4 rings (SSSR count). The second-order valence-electron chi connectivity index (χ2n) is 9.13. The molecule has 0 saturated carbocycles. The number of pyridine rings is 1. The molecule has 8 heteroatoms. The van der Waals surface area contributed by atoms with Crippen LogP contribution in [0.4, 0.5) is 4.79 Å². The van der Waals surface area contributed by atoms with Crippen molar-refractivity contribution >= 4 is 18.0 Å². The summed E-state index contributed by atoms with van der Waals surface area (Å²) in [4.78, 5) is 41.7. The van der Waals surface area contributed by atoms with Gasteiger partial charge in [0.1, 0.15) is 18.7 Å². The number of nitrogens with zero attached hydrogens (tertiary/aromatic N) is 1. The van der Waals surface area contributed by atoms with E-state index in [1.807, 2.05) is 43.3 Å². The van der Waals surface area contributed by atoms with Crippen LogP contribution in [0.15, 0.2) is 73.1 Å². The fourth-order valence-corrected chi connectivity index (χ4v) is 4.68. The number of benzene rings is 2. The molecule has 37 heavy (non-hydrogen) atoms. The van der Waals surface area contributed by atoms with Crippen molar-refractivity contribution in [1.82, 2.24) is 15.6 Å². The van der Waals surface area contributed by atoms with Gasteiger partial charge in [-0.2, -0.15) is 0 Å². The Morgan fingerprint density at radius 3 is 2.22 bits per heavy atom. The lowest BCUT2D eigenvalue weighted by Crippen LogP contribution is -2.52. The molecule has 8 nitrogen and oxygen atoms in total. The fraction of sp³-hybridized carbons (Fsp3) is 0.310. The molecule has 1 aliphatic carbocycles. The van der Waals surface area contributed by atoms with Crippen molar-refractivity contribution < 1.29 is 24.2 Å². The van der Waals surface area contributed by atoms with Gasteiger partial charge in [0, 0.05) is 24.7 Å². The Bertz CT molecular complexity index is 1200. The highest BCUT2D eigenvalue weighted by Crippen LogP contribution is 2.44. The summed E-state index contributed by atoms with van der Waals surface area (Å²) in [6.45, 7) is 2.06. The number of ether oxygens (including phenoxy) is 1. The zero-order valence-electron chi connectivity index (χ0n) is 20.7. The molecule has 192 valence electrons. The number of rotatable bonds is 11. The van der Waals surface area contributed by atoms with E-state index in [0.29, 0.717) is 12.8 Å². The molecule has 2 aromatic carbocycles. The highest BCUT2D eigenvalue weighted by Gasteiger charge is 2.30. The van der Waals surface area contributed by atoms with E-state index in [-0.39, 0.29) is 18.9 Å². The molecule has 2 atom stereocenters. The monoisotopic (exact) mass is 501 g/mol. The minimum Gasteiger partial charge on any atom is -0.480 e. The van der Waals surface area contributed by atoms with Gasteiger partial charge in [-0.3, -0.25) is 9.78 Å². The molecule has 1 aromatic heterocycles. The summed E-state index contributed by atoms with van der Waals surface area (Å²) in [5.74, 6) is -1.81. The van der Waals surface area contributed by atoms with E-state index < -0.39 is 30.1 Å². The number of nitrogens with one attached hydrogen (secondary N) is 2. The van der Waals surface area contributed by atoms with Crippen LogP contribution in [0.2, 0.25) is 0 Å². The van der Waals surface area contributed by atoms with Gasteiger partial charge in [-0.1, -0.05) is 74.4 Å². The average Bonchev–Trinajstić information content (AvgIpc) is 3.23. The van der Waals surface area contributed by atoms with Crippen LogP contribution in [0.25, 0.3) is 11.1 Å². The van der Waals surface area contributed by atoms with E-state index in [0.717, 1.165) is 34.2 Å². The molecule has 3 aromatic rings. The Kier molecular flexibility index (Phi) is 8.51. The Balaban J connectivity index is 1.45. The second-order valence-corrected chi connectivity index (χ2v) is 9.13. The number of carbonyl (C=O) groups is 3. The number of unbranched alkanes of at least 4 members (excludes halogenated alkanes) is 1. The minimum atomic E-state index is -1.11. The highest BCUT2D eigenvalue weighted by atomic mass is 16.5. The fourth-order valence-electron chi connectivity index (χ4n) is 4.68. The van der Waals surface area contributed by atoms with Gasteiger partial charge in [-0.05, 0) is 40.3 Å². The van der Waals surface area contributed by atoms with E-state index in [9.17, 15) is 19.5 Å². The predicted molar refractivity (Wildman–Crippen MR) is 139 cm³/mol. The van der Waals surface area contributed by atoms with Gasteiger partial charge in [0.2, 0.25) is 5.91 Å². The zero-order valence-corrected chi connectivity index (χ0v) is 20.7. The van der Waals surface area contributed by atoms with E-state index in [2.05, 4.69) is 27.8 Å². The summed E-state index contributed by atoms with van der Waals surface area (Å²) >= 11 is 0. The summed E-state index contributed by atoms with van der Waals surface area (Å²) in [5, 5.41) is 14.7. The molecule has 0 radical (unpaired) electrons. The maximum atomic E-state index is 13.1. The first-order valence-corrected chi connectivity index (χ1v) is 12.5. The Morgan fingerprint density at radius 2 is 1.62 bits per heavy atom. The van der Waals surface area contributed by atoms with Crippen LogP contribution >= 0.6 is 0 Å². The van der Waals surface area contributed by atoms with E-state index in [4.69, 9.17) is 4.74 Å². The number of carboxylic acids is 1. The smallest absolute Gasteiger partial charge is 0.407 e. The first-order valence-electron chi connectivity index (χ1n) is 12.5. The number of carboxylic acid groups (broad SMARTS) is 1. The average molecular weight is 502 g/mol. The number of alkyl carbamates (subject to hydrolysis) is 1. The molecule has 2 unspecified atom stereocenters. The van der Waals surface area contributed by atoms with Crippen LogP contribution in [0.3, 0.4) is 0 Å². The largest absolute Gasteiger partial charge is 0.480 e. The molecular formula is C29H31N3O5.